The minimum Gasteiger partial charge on any atom is -0.493 e. The maximum atomic E-state index is 11.7. The summed E-state index contributed by atoms with van der Waals surface area (Å²) in [4.78, 5) is 23.5. The Morgan fingerprint density at radius 3 is 2.50 bits per heavy atom. The molecule has 1 N–H and O–H groups in total. The van der Waals surface area contributed by atoms with E-state index in [2.05, 4.69) is 0 Å². The smallest absolute Gasteiger partial charge is 0.323 e. The van der Waals surface area contributed by atoms with Gasteiger partial charge in [0.25, 0.3) is 0 Å². The normalized spacial score (nSPS) is 9.83. The van der Waals surface area contributed by atoms with Crippen molar-refractivity contribution < 1.29 is 19.4 Å². The monoisotopic (exact) mass is 251 g/mol. The van der Waals surface area contributed by atoms with Gasteiger partial charge in [-0.05, 0) is 19.1 Å². The van der Waals surface area contributed by atoms with Gasteiger partial charge < -0.3 is 14.7 Å². The molecule has 98 valence electrons. The van der Waals surface area contributed by atoms with Crippen molar-refractivity contribution in [1.82, 2.24) is 4.90 Å². The van der Waals surface area contributed by atoms with Crippen LogP contribution in [0, 0.1) is 0 Å². The molecule has 5 heteroatoms. The first-order valence-corrected chi connectivity index (χ1v) is 5.81. The standard InChI is InChI=1S/C13H17NO4/c1-2-14(10-13(16)17)12(15)8-9-18-11-6-4-3-5-7-11/h3-7H,2,8-10H2,1H3,(H,16,17). The van der Waals surface area contributed by atoms with Gasteiger partial charge in [-0.3, -0.25) is 9.59 Å². The Hall–Kier alpha value is -2.04. The summed E-state index contributed by atoms with van der Waals surface area (Å²) in [6.45, 7) is 2.12. The van der Waals surface area contributed by atoms with Crippen LogP contribution in [0.1, 0.15) is 13.3 Å². The molecule has 1 amide bonds. The third-order valence-electron chi connectivity index (χ3n) is 2.39. The van der Waals surface area contributed by atoms with Gasteiger partial charge in [-0.15, -0.1) is 0 Å². The molecular weight excluding hydrogens is 234 g/mol. The number of carbonyl (C=O) groups is 2. The predicted molar refractivity (Wildman–Crippen MR) is 66.4 cm³/mol. The van der Waals surface area contributed by atoms with Crippen LogP contribution in [0.15, 0.2) is 30.3 Å². The highest BCUT2D eigenvalue weighted by atomic mass is 16.5. The van der Waals surface area contributed by atoms with Crippen molar-refractivity contribution in [2.45, 2.75) is 13.3 Å². The molecule has 0 aliphatic heterocycles. The average molecular weight is 251 g/mol. The van der Waals surface area contributed by atoms with E-state index in [9.17, 15) is 9.59 Å². The summed E-state index contributed by atoms with van der Waals surface area (Å²) in [5.41, 5.74) is 0. The number of benzene rings is 1. The number of ether oxygens (including phenoxy) is 1. The Morgan fingerprint density at radius 1 is 1.28 bits per heavy atom. The number of carboxylic acid groups (broad SMARTS) is 1. The molecule has 5 nitrogen and oxygen atoms in total. The molecular formula is C13H17NO4. The number of para-hydroxylation sites is 1. The summed E-state index contributed by atoms with van der Waals surface area (Å²) in [7, 11) is 0. The van der Waals surface area contributed by atoms with E-state index in [0.29, 0.717) is 12.3 Å². The van der Waals surface area contributed by atoms with Crippen LogP contribution >= 0.6 is 0 Å². The highest BCUT2D eigenvalue weighted by molar-refractivity contribution is 5.81. The van der Waals surface area contributed by atoms with Gasteiger partial charge in [0.2, 0.25) is 5.91 Å². The summed E-state index contributed by atoms with van der Waals surface area (Å²) in [5.74, 6) is -0.517. The van der Waals surface area contributed by atoms with Gasteiger partial charge in [0, 0.05) is 6.54 Å². The van der Waals surface area contributed by atoms with Gasteiger partial charge in [-0.25, -0.2) is 0 Å². The summed E-state index contributed by atoms with van der Waals surface area (Å²) >= 11 is 0. The zero-order valence-corrected chi connectivity index (χ0v) is 10.3. The number of hydrogen-bond acceptors (Lipinski definition) is 3. The SMILES string of the molecule is CCN(CC(=O)O)C(=O)CCOc1ccccc1. The highest BCUT2D eigenvalue weighted by Gasteiger charge is 2.14. The lowest BCUT2D eigenvalue weighted by atomic mass is 10.3. The molecule has 0 bridgehead atoms. The lowest BCUT2D eigenvalue weighted by Gasteiger charge is -2.18. The number of carbonyl (C=O) groups excluding carboxylic acids is 1. The van der Waals surface area contributed by atoms with Crippen molar-refractivity contribution in [2.75, 3.05) is 19.7 Å². The topological polar surface area (TPSA) is 66.8 Å². The first kappa shape index (κ1) is 14.0. The van der Waals surface area contributed by atoms with E-state index in [1.165, 1.54) is 4.90 Å². The number of aliphatic carboxylic acids is 1. The number of rotatable bonds is 7. The van der Waals surface area contributed by atoms with Crippen molar-refractivity contribution in [3.63, 3.8) is 0 Å². The summed E-state index contributed by atoms with van der Waals surface area (Å²) < 4.78 is 5.38. The zero-order chi connectivity index (χ0) is 13.4. The van der Waals surface area contributed by atoms with E-state index >= 15 is 0 Å². The molecule has 18 heavy (non-hydrogen) atoms. The van der Waals surface area contributed by atoms with Crippen molar-refractivity contribution in [2.24, 2.45) is 0 Å². The van der Waals surface area contributed by atoms with Crippen LogP contribution in [0.3, 0.4) is 0 Å². The third-order valence-corrected chi connectivity index (χ3v) is 2.39. The van der Waals surface area contributed by atoms with E-state index in [0.717, 1.165) is 0 Å². The molecule has 1 aromatic carbocycles. The van der Waals surface area contributed by atoms with Gasteiger partial charge in [0.1, 0.15) is 12.3 Å². The molecule has 0 saturated carbocycles. The van der Waals surface area contributed by atoms with E-state index in [4.69, 9.17) is 9.84 Å². The molecule has 1 rings (SSSR count). The van der Waals surface area contributed by atoms with Crippen LogP contribution < -0.4 is 4.74 Å². The maximum Gasteiger partial charge on any atom is 0.323 e. The van der Waals surface area contributed by atoms with Gasteiger partial charge in [-0.2, -0.15) is 0 Å². The number of hydrogen-bond donors (Lipinski definition) is 1. The highest BCUT2D eigenvalue weighted by Crippen LogP contribution is 2.08. The molecule has 1 aromatic rings. The maximum absolute atomic E-state index is 11.7. The first-order valence-electron chi connectivity index (χ1n) is 5.81. The Bertz CT molecular complexity index is 391. The number of likely N-dealkylation sites (N-methyl/N-ethyl adjacent to an activating group) is 1. The van der Waals surface area contributed by atoms with Crippen molar-refractivity contribution in [3.8, 4) is 5.75 Å². The van der Waals surface area contributed by atoms with Crippen molar-refractivity contribution in [1.29, 1.82) is 0 Å². The van der Waals surface area contributed by atoms with E-state index in [1.54, 1.807) is 19.1 Å². The quantitative estimate of drug-likeness (QED) is 0.795. The number of carboxylic acids is 1. The second-order valence-corrected chi connectivity index (χ2v) is 3.71. The lowest BCUT2D eigenvalue weighted by molar-refractivity contribution is -0.144. The van der Waals surface area contributed by atoms with Crippen LogP contribution in [0.2, 0.25) is 0 Å². The van der Waals surface area contributed by atoms with E-state index in [1.807, 2.05) is 18.2 Å². The van der Waals surface area contributed by atoms with Crippen LogP contribution in [-0.2, 0) is 9.59 Å². The summed E-state index contributed by atoms with van der Waals surface area (Å²) in [6, 6.07) is 9.18. The Morgan fingerprint density at radius 2 is 1.94 bits per heavy atom. The largest absolute Gasteiger partial charge is 0.493 e. The molecule has 0 aromatic heterocycles. The van der Waals surface area contributed by atoms with Gasteiger partial charge in [0.15, 0.2) is 0 Å². The average Bonchev–Trinajstić information content (AvgIpc) is 2.36. The van der Waals surface area contributed by atoms with Crippen LogP contribution in [0.4, 0.5) is 0 Å². The molecule has 0 heterocycles. The van der Waals surface area contributed by atoms with Crippen molar-refractivity contribution in [3.05, 3.63) is 30.3 Å². The minimum atomic E-state index is -1.01. The summed E-state index contributed by atoms with van der Waals surface area (Å²) in [5, 5.41) is 8.64. The van der Waals surface area contributed by atoms with Crippen molar-refractivity contribution >= 4 is 11.9 Å². The van der Waals surface area contributed by atoms with Crippen LogP contribution in [0.25, 0.3) is 0 Å². The molecule has 0 fully saturated rings. The Kier molecular flexibility index (Phi) is 5.70. The number of amides is 1. The van der Waals surface area contributed by atoms with Gasteiger partial charge in [-0.1, -0.05) is 18.2 Å². The molecule has 0 spiro atoms. The second kappa shape index (κ2) is 7.32. The Balaban J connectivity index is 2.34. The molecule has 0 unspecified atom stereocenters. The van der Waals surface area contributed by atoms with E-state index < -0.39 is 5.97 Å². The van der Waals surface area contributed by atoms with Gasteiger partial charge in [0.05, 0.1) is 13.0 Å². The lowest BCUT2D eigenvalue weighted by Crippen LogP contribution is -2.36. The van der Waals surface area contributed by atoms with Crippen LogP contribution in [-0.4, -0.2) is 41.6 Å². The zero-order valence-electron chi connectivity index (χ0n) is 10.3. The first-order chi connectivity index (χ1) is 8.63. The number of nitrogens with zero attached hydrogens (tertiary/aromatic N) is 1. The molecule has 0 saturated heterocycles. The fraction of sp³-hybridized carbons (Fsp3) is 0.385. The van der Waals surface area contributed by atoms with E-state index in [-0.39, 0.29) is 25.5 Å². The molecule has 0 aliphatic rings. The van der Waals surface area contributed by atoms with Crippen LogP contribution in [0.5, 0.6) is 5.75 Å². The minimum absolute atomic E-state index is 0.177. The summed E-state index contributed by atoms with van der Waals surface area (Å²) in [6.07, 6.45) is 0.177. The fourth-order valence-electron chi connectivity index (χ4n) is 1.47. The molecule has 0 aliphatic carbocycles. The molecule has 0 atom stereocenters. The molecule has 0 radical (unpaired) electrons. The van der Waals surface area contributed by atoms with Gasteiger partial charge >= 0.3 is 5.97 Å². The third kappa shape index (κ3) is 4.86. The predicted octanol–water partition coefficient (Wildman–Crippen LogP) is 1.39. The second-order valence-electron chi connectivity index (χ2n) is 3.71. The Labute approximate surface area is 106 Å². The fourth-order valence-corrected chi connectivity index (χ4v) is 1.47.